The highest BCUT2D eigenvalue weighted by Gasteiger charge is 2.17. The number of amides is 1. The smallest absolute Gasteiger partial charge is 0.259 e. The van der Waals surface area contributed by atoms with Gasteiger partial charge in [-0.25, -0.2) is 0 Å². The molecule has 2 heterocycles. The lowest BCUT2D eigenvalue weighted by molar-refractivity contribution is -0.124. The molecule has 1 amide bonds. The predicted octanol–water partition coefficient (Wildman–Crippen LogP) is 1.54. The Morgan fingerprint density at radius 2 is 2.04 bits per heavy atom. The third-order valence-corrected chi connectivity index (χ3v) is 3.94. The Morgan fingerprint density at radius 3 is 2.80 bits per heavy atom. The molecule has 7 heteroatoms. The molecule has 0 aliphatic carbocycles. The summed E-state index contributed by atoms with van der Waals surface area (Å²) < 4.78 is 6.37. The fourth-order valence-corrected chi connectivity index (χ4v) is 2.49. The summed E-state index contributed by atoms with van der Waals surface area (Å²) in [5.74, 6) is -0.687. The molecule has 0 aliphatic rings. The molecule has 0 radical (unpaired) electrons. The average Bonchev–Trinajstić information content (AvgIpc) is 2.62. The second-order valence-electron chi connectivity index (χ2n) is 5.61. The summed E-state index contributed by atoms with van der Waals surface area (Å²) in [6.45, 7) is 1.58. The molecular formula is C18H16N2O5. The Balaban J connectivity index is 1.78. The van der Waals surface area contributed by atoms with Crippen LogP contribution in [0.1, 0.15) is 18.7 Å². The summed E-state index contributed by atoms with van der Waals surface area (Å²) in [6.07, 6.45) is 2.50. The van der Waals surface area contributed by atoms with Gasteiger partial charge in [-0.2, -0.15) is 0 Å². The van der Waals surface area contributed by atoms with E-state index in [0.29, 0.717) is 5.39 Å². The van der Waals surface area contributed by atoms with Gasteiger partial charge in [0.1, 0.15) is 18.1 Å². The van der Waals surface area contributed by atoms with Crippen LogP contribution in [0.2, 0.25) is 0 Å². The van der Waals surface area contributed by atoms with Crippen molar-refractivity contribution in [2.45, 2.75) is 19.5 Å². The van der Waals surface area contributed by atoms with Crippen LogP contribution in [0.5, 0.6) is 5.75 Å². The number of aromatic nitrogens is 1. The van der Waals surface area contributed by atoms with Crippen molar-refractivity contribution >= 4 is 16.7 Å². The van der Waals surface area contributed by atoms with Crippen LogP contribution in [-0.2, 0) is 11.3 Å². The van der Waals surface area contributed by atoms with Crippen LogP contribution in [0.3, 0.4) is 0 Å². The van der Waals surface area contributed by atoms with Gasteiger partial charge in [-0.15, -0.1) is 0 Å². The van der Waals surface area contributed by atoms with E-state index in [1.54, 1.807) is 31.3 Å². The van der Waals surface area contributed by atoms with Gasteiger partial charge in [0, 0.05) is 17.6 Å². The highest BCUT2D eigenvalue weighted by molar-refractivity contribution is 5.83. The molecule has 7 nitrogen and oxygen atoms in total. The summed E-state index contributed by atoms with van der Waals surface area (Å²) in [5.41, 5.74) is -0.841. The van der Waals surface area contributed by atoms with E-state index >= 15 is 0 Å². The van der Waals surface area contributed by atoms with Crippen molar-refractivity contribution in [3.63, 3.8) is 0 Å². The molecular weight excluding hydrogens is 324 g/mol. The number of rotatable bonds is 4. The van der Waals surface area contributed by atoms with Gasteiger partial charge < -0.3 is 19.4 Å². The molecule has 0 saturated carbocycles. The number of aromatic hydroxyl groups is 1. The molecule has 128 valence electrons. The monoisotopic (exact) mass is 340 g/mol. The van der Waals surface area contributed by atoms with Gasteiger partial charge in [0.25, 0.3) is 5.56 Å². The maximum atomic E-state index is 12.5. The molecule has 1 atom stereocenters. The Labute approximate surface area is 142 Å². The highest BCUT2D eigenvalue weighted by Crippen LogP contribution is 2.11. The molecule has 1 aromatic carbocycles. The standard InChI is InChI=1S/C18H16N2O5/c1-11(17(23)19-9-13-8-15(21)16(22)10-25-13)20-7-6-12-4-2-3-5-14(12)18(20)24/h2-8,10-11,22H,9H2,1H3,(H,19,23). The number of carbonyl (C=O) groups is 1. The maximum Gasteiger partial charge on any atom is 0.259 e. The minimum Gasteiger partial charge on any atom is -0.502 e. The molecule has 2 N–H and O–H groups in total. The summed E-state index contributed by atoms with van der Waals surface area (Å²) in [4.78, 5) is 36.2. The number of carbonyl (C=O) groups excluding carboxylic acids is 1. The molecule has 3 aromatic rings. The largest absolute Gasteiger partial charge is 0.502 e. The van der Waals surface area contributed by atoms with Crippen molar-refractivity contribution in [3.8, 4) is 5.75 Å². The minimum atomic E-state index is -0.735. The van der Waals surface area contributed by atoms with E-state index in [0.717, 1.165) is 17.7 Å². The van der Waals surface area contributed by atoms with E-state index in [1.807, 2.05) is 12.1 Å². The van der Waals surface area contributed by atoms with E-state index < -0.39 is 23.1 Å². The Morgan fingerprint density at radius 1 is 1.28 bits per heavy atom. The van der Waals surface area contributed by atoms with Crippen LogP contribution < -0.4 is 16.3 Å². The quantitative estimate of drug-likeness (QED) is 0.750. The predicted molar refractivity (Wildman–Crippen MR) is 91.4 cm³/mol. The van der Waals surface area contributed by atoms with Crippen molar-refractivity contribution in [3.05, 3.63) is 75.2 Å². The van der Waals surface area contributed by atoms with Crippen molar-refractivity contribution in [2.24, 2.45) is 0 Å². The zero-order valence-electron chi connectivity index (χ0n) is 13.4. The fraction of sp³-hybridized carbons (Fsp3) is 0.167. The topological polar surface area (TPSA) is 102 Å². The van der Waals surface area contributed by atoms with Gasteiger partial charge in [0.15, 0.2) is 5.75 Å². The van der Waals surface area contributed by atoms with Gasteiger partial charge in [-0.1, -0.05) is 18.2 Å². The second kappa shape index (κ2) is 6.64. The third kappa shape index (κ3) is 3.30. The first-order valence-electron chi connectivity index (χ1n) is 7.65. The SMILES string of the molecule is CC(C(=O)NCc1cc(=O)c(O)co1)n1ccc2ccccc2c1=O. The number of nitrogens with one attached hydrogen (secondary N) is 1. The van der Waals surface area contributed by atoms with Crippen LogP contribution in [0, 0.1) is 0 Å². The lowest BCUT2D eigenvalue weighted by Crippen LogP contribution is -2.35. The van der Waals surface area contributed by atoms with Crippen LogP contribution >= 0.6 is 0 Å². The van der Waals surface area contributed by atoms with Crippen LogP contribution in [0.15, 0.2) is 62.9 Å². The number of hydrogen-bond acceptors (Lipinski definition) is 5. The normalized spacial score (nSPS) is 12.0. The molecule has 0 fully saturated rings. The first-order valence-corrected chi connectivity index (χ1v) is 7.65. The summed E-state index contributed by atoms with van der Waals surface area (Å²) in [6, 6.07) is 9.30. The van der Waals surface area contributed by atoms with Crippen LogP contribution in [-0.4, -0.2) is 15.6 Å². The molecule has 0 aliphatic heterocycles. The minimum absolute atomic E-state index is 0.0268. The number of nitrogens with zero attached hydrogens (tertiary/aromatic N) is 1. The zero-order chi connectivity index (χ0) is 18.0. The van der Waals surface area contributed by atoms with Crippen LogP contribution in [0.4, 0.5) is 0 Å². The van der Waals surface area contributed by atoms with Crippen LogP contribution in [0.25, 0.3) is 10.8 Å². The molecule has 0 bridgehead atoms. The number of pyridine rings is 1. The second-order valence-corrected chi connectivity index (χ2v) is 5.61. The van der Waals surface area contributed by atoms with Crippen molar-refractivity contribution in [1.82, 2.24) is 9.88 Å². The van der Waals surface area contributed by atoms with Crippen molar-refractivity contribution < 1.29 is 14.3 Å². The fourth-order valence-electron chi connectivity index (χ4n) is 2.49. The Kier molecular flexibility index (Phi) is 4.38. The first kappa shape index (κ1) is 16.5. The van der Waals surface area contributed by atoms with E-state index in [4.69, 9.17) is 9.52 Å². The van der Waals surface area contributed by atoms with Crippen molar-refractivity contribution in [1.29, 1.82) is 0 Å². The number of benzene rings is 1. The maximum absolute atomic E-state index is 12.5. The number of hydrogen-bond donors (Lipinski definition) is 2. The summed E-state index contributed by atoms with van der Waals surface area (Å²) in [5, 5.41) is 13.1. The van der Waals surface area contributed by atoms with Gasteiger partial charge in [0.2, 0.25) is 11.3 Å². The van der Waals surface area contributed by atoms with E-state index in [-0.39, 0.29) is 17.9 Å². The van der Waals surface area contributed by atoms with Gasteiger partial charge >= 0.3 is 0 Å². The van der Waals surface area contributed by atoms with Gasteiger partial charge in [0.05, 0.1) is 6.54 Å². The Hall–Kier alpha value is -3.35. The molecule has 2 aromatic heterocycles. The van der Waals surface area contributed by atoms with Crippen molar-refractivity contribution in [2.75, 3.05) is 0 Å². The molecule has 3 rings (SSSR count). The average molecular weight is 340 g/mol. The van der Waals surface area contributed by atoms with E-state index in [9.17, 15) is 14.4 Å². The third-order valence-electron chi connectivity index (χ3n) is 3.94. The molecule has 1 unspecified atom stereocenters. The first-order chi connectivity index (χ1) is 12.0. The van der Waals surface area contributed by atoms with Gasteiger partial charge in [-0.05, 0) is 24.4 Å². The van der Waals surface area contributed by atoms with E-state index in [2.05, 4.69) is 5.32 Å². The van der Waals surface area contributed by atoms with Gasteiger partial charge in [-0.3, -0.25) is 14.4 Å². The zero-order valence-corrected chi connectivity index (χ0v) is 13.4. The molecule has 0 saturated heterocycles. The van der Waals surface area contributed by atoms with E-state index in [1.165, 1.54) is 4.57 Å². The number of fused-ring (bicyclic) bond motifs is 1. The molecule has 0 spiro atoms. The molecule has 25 heavy (non-hydrogen) atoms. The lowest BCUT2D eigenvalue weighted by Gasteiger charge is -2.15. The summed E-state index contributed by atoms with van der Waals surface area (Å²) in [7, 11) is 0. The summed E-state index contributed by atoms with van der Waals surface area (Å²) >= 11 is 0. The highest BCUT2D eigenvalue weighted by atomic mass is 16.4. The Bertz CT molecular complexity index is 1050. The lowest BCUT2D eigenvalue weighted by atomic mass is 10.1.